The first-order valence-corrected chi connectivity index (χ1v) is 5.97. The monoisotopic (exact) mass is 290 g/mol. The van der Waals surface area contributed by atoms with Gasteiger partial charge in [0.15, 0.2) is 0 Å². The van der Waals surface area contributed by atoms with Crippen LogP contribution in [0.5, 0.6) is 0 Å². The van der Waals surface area contributed by atoms with Crippen molar-refractivity contribution in [3.8, 4) is 0 Å². The Morgan fingerprint density at radius 3 is 2.12 bits per heavy atom. The van der Waals surface area contributed by atoms with Gasteiger partial charge in [-0.1, -0.05) is 0 Å². The standard InChI is InChI=1S/C11H20F2N2.2ClH/c12-11(13)3-7-15(8-4-11)9-10-1-5-14-6-2-10;;/h10,14H,1-9H2;2*1H. The lowest BCUT2D eigenvalue weighted by atomic mass is 9.96. The van der Waals surface area contributed by atoms with Gasteiger partial charge in [-0.05, 0) is 31.8 Å². The van der Waals surface area contributed by atoms with Crippen LogP contribution in [0.15, 0.2) is 0 Å². The molecule has 0 spiro atoms. The van der Waals surface area contributed by atoms with Gasteiger partial charge in [0.2, 0.25) is 0 Å². The molecule has 0 aliphatic carbocycles. The third kappa shape index (κ3) is 5.69. The van der Waals surface area contributed by atoms with E-state index in [-0.39, 0.29) is 37.7 Å². The van der Waals surface area contributed by atoms with Crippen molar-refractivity contribution in [1.82, 2.24) is 10.2 Å². The number of nitrogens with zero attached hydrogens (tertiary/aromatic N) is 1. The van der Waals surface area contributed by atoms with Crippen LogP contribution in [0, 0.1) is 5.92 Å². The number of rotatable bonds is 2. The smallest absolute Gasteiger partial charge is 0.250 e. The summed E-state index contributed by atoms with van der Waals surface area (Å²) in [5, 5.41) is 3.33. The average molecular weight is 291 g/mol. The van der Waals surface area contributed by atoms with Crippen LogP contribution in [0.3, 0.4) is 0 Å². The molecule has 2 saturated heterocycles. The molecule has 0 aromatic rings. The summed E-state index contributed by atoms with van der Waals surface area (Å²) in [6.45, 7) is 4.37. The maximum Gasteiger partial charge on any atom is 0.250 e. The predicted octanol–water partition coefficient (Wildman–Crippen LogP) is 2.56. The van der Waals surface area contributed by atoms with Gasteiger partial charge in [-0.15, -0.1) is 24.8 Å². The molecular formula is C11H22Cl2F2N2. The first-order chi connectivity index (χ1) is 7.16. The summed E-state index contributed by atoms with van der Waals surface area (Å²) < 4.78 is 25.8. The summed E-state index contributed by atoms with van der Waals surface area (Å²) in [4.78, 5) is 2.22. The molecule has 0 aromatic heterocycles. The lowest BCUT2D eigenvalue weighted by Gasteiger charge is -2.35. The van der Waals surface area contributed by atoms with E-state index >= 15 is 0 Å². The Morgan fingerprint density at radius 1 is 1.06 bits per heavy atom. The summed E-state index contributed by atoms with van der Waals surface area (Å²) in [5.74, 6) is -1.68. The van der Waals surface area contributed by atoms with Crippen molar-refractivity contribution in [1.29, 1.82) is 0 Å². The number of piperidine rings is 2. The molecule has 0 unspecified atom stereocenters. The maximum absolute atomic E-state index is 12.9. The highest BCUT2D eigenvalue weighted by Gasteiger charge is 2.34. The molecule has 2 aliphatic heterocycles. The fraction of sp³-hybridized carbons (Fsp3) is 1.00. The fourth-order valence-electron chi connectivity index (χ4n) is 2.49. The van der Waals surface area contributed by atoms with E-state index in [1.54, 1.807) is 0 Å². The Balaban J connectivity index is 0.00000128. The molecule has 0 radical (unpaired) electrons. The normalized spacial score (nSPS) is 25.8. The van der Waals surface area contributed by atoms with Gasteiger partial charge in [-0.2, -0.15) is 0 Å². The summed E-state index contributed by atoms with van der Waals surface area (Å²) >= 11 is 0. The minimum atomic E-state index is -2.40. The molecule has 104 valence electrons. The second-order valence-corrected chi connectivity index (χ2v) is 4.85. The maximum atomic E-state index is 12.9. The van der Waals surface area contributed by atoms with Crippen LogP contribution in [0.2, 0.25) is 0 Å². The van der Waals surface area contributed by atoms with Gasteiger partial charge < -0.3 is 10.2 Å². The zero-order chi connectivity index (χ0) is 10.7. The average Bonchev–Trinajstić information content (AvgIpc) is 2.23. The number of halogens is 4. The van der Waals surface area contributed by atoms with E-state index < -0.39 is 5.92 Å². The van der Waals surface area contributed by atoms with Crippen LogP contribution in [0.25, 0.3) is 0 Å². The number of likely N-dealkylation sites (tertiary alicyclic amines) is 1. The number of hydrogen-bond acceptors (Lipinski definition) is 2. The summed E-state index contributed by atoms with van der Waals surface area (Å²) in [5.41, 5.74) is 0. The van der Waals surface area contributed by atoms with Gasteiger partial charge in [-0.25, -0.2) is 8.78 Å². The Hall–Kier alpha value is 0.360. The molecule has 1 N–H and O–H groups in total. The molecule has 2 heterocycles. The van der Waals surface area contributed by atoms with Crippen molar-refractivity contribution < 1.29 is 8.78 Å². The molecule has 0 aromatic carbocycles. The predicted molar refractivity (Wildman–Crippen MR) is 70.7 cm³/mol. The van der Waals surface area contributed by atoms with E-state index in [1.165, 1.54) is 12.8 Å². The highest BCUT2D eigenvalue weighted by molar-refractivity contribution is 5.85. The molecule has 17 heavy (non-hydrogen) atoms. The zero-order valence-electron chi connectivity index (χ0n) is 9.96. The minimum absolute atomic E-state index is 0. The van der Waals surface area contributed by atoms with Gasteiger partial charge in [0.25, 0.3) is 5.92 Å². The molecule has 2 nitrogen and oxygen atoms in total. The number of alkyl halides is 2. The van der Waals surface area contributed by atoms with Crippen molar-refractivity contribution in [2.45, 2.75) is 31.6 Å². The summed E-state index contributed by atoms with van der Waals surface area (Å²) in [7, 11) is 0. The van der Waals surface area contributed by atoms with Crippen LogP contribution < -0.4 is 5.32 Å². The SMILES string of the molecule is Cl.Cl.FC1(F)CCN(CC2CCNCC2)CC1. The minimum Gasteiger partial charge on any atom is -0.317 e. The van der Waals surface area contributed by atoms with Gasteiger partial charge in [-0.3, -0.25) is 0 Å². The van der Waals surface area contributed by atoms with Gasteiger partial charge in [0, 0.05) is 32.5 Å². The van der Waals surface area contributed by atoms with Gasteiger partial charge in [0.05, 0.1) is 0 Å². The van der Waals surface area contributed by atoms with E-state index in [0.29, 0.717) is 13.1 Å². The van der Waals surface area contributed by atoms with E-state index in [0.717, 1.165) is 25.6 Å². The highest BCUT2D eigenvalue weighted by atomic mass is 35.5. The molecule has 2 fully saturated rings. The quantitative estimate of drug-likeness (QED) is 0.841. The fourth-order valence-corrected chi connectivity index (χ4v) is 2.49. The van der Waals surface area contributed by atoms with Crippen LogP contribution in [0.4, 0.5) is 8.78 Å². The molecule has 0 bridgehead atoms. The number of hydrogen-bond donors (Lipinski definition) is 1. The van der Waals surface area contributed by atoms with Gasteiger partial charge >= 0.3 is 0 Å². The second kappa shape index (κ2) is 7.72. The lowest BCUT2D eigenvalue weighted by molar-refractivity contribution is -0.0578. The molecular weight excluding hydrogens is 269 g/mol. The van der Waals surface area contributed by atoms with Crippen molar-refractivity contribution >= 4 is 24.8 Å². The first kappa shape index (κ1) is 17.4. The van der Waals surface area contributed by atoms with Crippen LogP contribution >= 0.6 is 24.8 Å². The molecule has 0 atom stereocenters. The third-order valence-corrected chi connectivity index (χ3v) is 3.56. The molecule has 2 rings (SSSR count). The first-order valence-electron chi connectivity index (χ1n) is 5.97. The molecule has 2 aliphatic rings. The van der Waals surface area contributed by atoms with Crippen LogP contribution in [-0.2, 0) is 0 Å². The van der Waals surface area contributed by atoms with E-state index in [4.69, 9.17) is 0 Å². The van der Waals surface area contributed by atoms with E-state index in [9.17, 15) is 8.78 Å². The van der Waals surface area contributed by atoms with Crippen molar-refractivity contribution in [3.63, 3.8) is 0 Å². The Kier molecular flexibility index (Phi) is 7.88. The topological polar surface area (TPSA) is 15.3 Å². The highest BCUT2D eigenvalue weighted by Crippen LogP contribution is 2.28. The largest absolute Gasteiger partial charge is 0.317 e. The van der Waals surface area contributed by atoms with Crippen molar-refractivity contribution in [2.75, 3.05) is 32.7 Å². The van der Waals surface area contributed by atoms with Crippen molar-refractivity contribution in [3.05, 3.63) is 0 Å². The molecule has 0 saturated carbocycles. The second-order valence-electron chi connectivity index (χ2n) is 4.85. The van der Waals surface area contributed by atoms with Crippen LogP contribution in [0.1, 0.15) is 25.7 Å². The lowest BCUT2D eigenvalue weighted by Crippen LogP contribution is -2.43. The van der Waals surface area contributed by atoms with Gasteiger partial charge in [0.1, 0.15) is 0 Å². The Morgan fingerprint density at radius 2 is 1.59 bits per heavy atom. The summed E-state index contributed by atoms with van der Waals surface area (Å²) in [6.07, 6.45) is 2.51. The Bertz CT molecular complexity index is 202. The summed E-state index contributed by atoms with van der Waals surface area (Å²) in [6, 6.07) is 0. The van der Waals surface area contributed by atoms with E-state index in [1.807, 2.05) is 0 Å². The zero-order valence-corrected chi connectivity index (χ0v) is 11.6. The third-order valence-electron chi connectivity index (χ3n) is 3.56. The number of nitrogens with one attached hydrogen (secondary N) is 1. The molecule has 0 amide bonds. The molecule has 6 heteroatoms. The van der Waals surface area contributed by atoms with E-state index in [2.05, 4.69) is 10.2 Å². The van der Waals surface area contributed by atoms with Crippen molar-refractivity contribution in [2.24, 2.45) is 5.92 Å². The van der Waals surface area contributed by atoms with Crippen LogP contribution in [-0.4, -0.2) is 43.5 Å². The Labute approximate surface area is 114 Å².